The molecule has 0 bridgehead atoms. The van der Waals surface area contributed by atoms with Gasteiger partial charge in [-0.15, -0.1) is 0 Å². The maximum atomic E-state index is 12.4. The zero-order chi connectivity index (χ0) is 19.1. The molecule has 0 unspecified atom stereocenters. The van der Waals surface area contributed by atoms with Crippen LogP contribution >= 0.6 is 11.6 Å². The molecule has 2 rings (SSSR count). The predicted octanol–water partition coefficient (Wildman–Crippen LogP) is 3.98. The van der Waals surface area contributed by atoms with E-state index in [1.54, 1.807) is 31.2 Å². The van der Waals surface area contributed by atoms with E-state index >= 15 is 0 Å². The van der Waals surface area contributed by atoms with E-state index in [-0.39, 0.29) is 11.1 Å². The van der Waals surface area contributed by atoms with Gasteiger partial charge in [-0.25, -0.2) is 4.79 Å². The lowest BCUT2D eigenvalue weighted by Crippen LogP contribution is -2.13. The van der Waals surface area contributed by atoms with E-state index in [9.17, 15) is 14.9 Å². The Balaban J connectivity index is 2.39. The molecule has 0 spiro atoms. The van der Waals surface area contributed by atoms with Crippen LogP contribution in [-0.4, -0.2) is 23.6 Å². The number of halogens is 1. The first kappa shape index (κ1) is 19.0. The number of aromatic carboxylic acids is 1. The molecular formula is C19H15ClN2O4. The normalized spacial score (nSPS) is 10.7. The van der Waals surface area contributed by atoms with Crippen LogP contribution in [0.1, 0.15) is 22.8 Å². The molecule has 0 saturated heterocycles. The van der Waals surface area contributed by atoms with E-state index in [2.05, 4.69) is 5.32 Å². The van der Waals surface area contributed by atoms with Gasteiger partial charge in [0.15, 0.2) is 0 Å². The van der Waals surface area contributed by atoms with Crippen molar-refractivity contribution >= 4 is 35.2 Å². The van der Waals surface area contributed by atoms with Crippen LogP contribution < -0.4 is 10.1 Å². The maximum absolute atomic E-state index is 12.4. The third-order valence-corrected chi connectivity index (χ3v) is 3.67. The Kier molecular flexibility index (Phi) is 6.36. The molecule has 0 radical (unpaired) electrons. The molecule has 7 heteroatoms. The van der Waals surface area contributed by atoms with E-state index in [0.29, 0.717) is 28.6 Å². The first-order valence-electron chi connectivity index (χ1n) is 7.64. The highest BCUT2D eigenvalue weighted by molar-refractivity contribution is 6.34. The topological polar surface area (TPSA) is 99.4 Å². The Morgan fingerprint density at radius 1 is 1.31 bits per heavy atom. The zero-order valence-electron chi connectivity index (χ0n) is 13.8. The summed E-state index contributed by atoms with van der Waals surface area (Å²) >= 11 is 6.00. The molecule has 0 atom stereocenters. The van der Waals surface area contributed by atoms with Crippen LogP contribution in [0.5, 0.6) is 5.75 Å². The summed E-state index contributed by atoms with van der Waals surface area (Å²) in [6, 6.07) is 12.6. The highest BCUT2D eigenvalue weighted by atomic mass is 35.5. The highest BCUT2D eigenvalue weighted by Crippen LogP contribution is 2.25. The van der Waals surface area contributed by atoms with E-state index in [4.69, 9.17) is 21.4 Å². The summed E-state index contributed by atoms with van der Waals surface area (Å²) in [4.78, 5) is 23.5. The molecule has 0 saturated carbocycles. The average Bonchev–Trinajstić information content (AvgIpc) is 2.62. The molecule has 2 N–H and O–H groups in total. The minimum absolute atomic E-state index is 0.0171. The fourth-order valence-corrected chi connectivity index (χ4v) is 2.32. The molecule has 26 heavy (non-hydrogen) atoms. The van der Waals surface area contributed by atoms with Crippen molar-refractivity contribution in [3.8, 4) is 11.8 Å². The molecule has 2 aromatic rings. The van der Waals surface area contributed by atoms with Crippen molar-refractivity contribution in [3.05, 3.63) is 64.2 Å². The summed E-state index contributed by atoms with van der Waals surface area (Å²) in [7, 11) is 0. The number of ether oxygens (including phenoxy) is 1. The van der Waals surface area contributed by atoms with Gasteiger partial charge in [0.05, 0.1) is 22.9 Å². The Morgan fingerprint density at radius 3 is 2.65 bits per heavy atom. The summed E-state index contributed by atoms with van der Waals surface area (Å²) in [5.74, 6) is -1.42. The number of carbonyl (C=O) groups excluding carboxylic acids is 1. The summed E-state index contributed by atoms with van der Waals surface area (Å²) in [6.45, 7) is 2.12. The smallest absolute Gasteiger partial charge is 0.335 e. The standard InChI is InChI=1S/C19H15ClN2O4/c1-2-26-17-8-7-12(19(24)25)9-13(17)10-14(11-21)18(23)22-16-6-4-3-5-15(16)20/h3-10H,2H2,1H3,(H,22,23)(H,24,25)/b14-10+. The lowest BCUT2D eigenvalue weighted by atomic mass is 10.1. The minimum atomic E-state index is -1.12. The fraction of sp³-hybridized carbons (Fsp3) is 0.105. The number of carboxylic acid groups (broad SMARTS) is 1. The monoisotopic (exact) mass is 370 g/mol. The van der Waals surface area contributed by atoms with Gasteiger partial charge in [-0.2, -0.15) is 5.26 Å². The second-order valence-corrected chi connectivity index (χ2v) is 5.50. The number of nitrogens with one attached hydrogen (secondary N) is 1. The van der Waals surface area contributed by atoms with Gasteiger partial charge in [0.2, 0.25) is 0 Å². The molecule has 0 aromatic heterocycles. The summed E-state index contributed by atoms with van der Waals surface area (Å²) < 4.78 is 5.43. The number of carboxylic acids is 1. The number of nitriles is 1. The van der Waals surface area contributed by atoms with E-state index in [1.807, 2.05) is 6.07 Å². The SMILES string of the molecule is CCOc1ccc(C(=O)O)cc1/C=C(\C#N)C(=O)Nc1ccccc1Cl. The van der Waals surface area contributed by atoms with Crippen LogP contribution in [0.2, 0.25) is 5.02 Å². The number of hydrogen-bond donors (Lipinski definition) is 2. The second-order valence-electron chi connectivity index (χ2n) is 5.09. The van der Waals surface area contributed by atoms with Crippen LogP contribution in [0.25, 0.3) is 6.08 Å². The van der Waals surface area contributed by atoms with Gasteiger partial charge in [-0.05, 0) is 43.3 Å². The number of benzene rings is 2. The number of carbonyl (C=O) groups is 2. The zero-order valence-corrected chi connectivity index (χ0v) is 14.6. The van der Waals surface area contributed by atoms with E-state index < -0.39 is 11.9 Å². The molecule has 0 fully saturated rings. The quantitative estimate of drug-likeness (QED) is 0.591. The highest BCUT2D eigenvalue weighted by Gasteiger charge is 2.14. The molecule has 0 heterocycles. The molecule has 132 valence electrons. The van der Waals surface area contributed by atoms with Gasteiger partial charge in [0.1, 0.15) is 17.4 Å². The number of hydrogen-bond acceptors (Lipinski definition) is 4. The van der Waals surface area contributed by atoms with E-state index in [1.165, 1.54) is 24.3 Å². The maximum Gasteiger partial charge on any atom is 0.335 e. The van der Waals surface area contributed by atoms with Crippen molar-refractivity contribution < 1.29 is 19.4 Å². The Bertz CT molecular complexity index is 916. The number of rotatable bonds is 6. The Labute approximate surface area is 155 Å². The summed E-state index contributed by atoms with van der Waals surface area (Å²) in [5, 5.41) is 21.4. The largest absolute Gasteiger partial charge is 0.493 e. The molecule has 2 aromatic carbocycles. The molecule has 0 aliphatic rings. The number of para-hydroxylation sites is 1. The number of anilines is 1. The number of amides is 1. The van der Waals surface area contributed by atoms with Crippen LogP contribution in [0.15, 0.2) is 48.0 Å². The van der Waals surface area contributed by atoms with Crippen molar-refractivity contribution in [2.75, 3.05) is 11.9 Å². The summed E-state index contributed by atoms with van der Waals surface area (Å²) in [5.41, 5.74) is 0.485. The third kappa shape index (κ3) is 4.62. The van der Waals surface area contributed by atoms with Crippen molar-refractivity contribution in [2.45, 2.75) is 6.92 Å². The molecule has 0 aliphatic carbocycles. The number of nitrogens with zero attached hydrogens (tertiary/aromatic N) is 1. The molecule has 0 aliphatic heterocycles. The van der Waals surface area contributed by atoms with Crippen LogP contribution in [0.3, 0.4) is 0 Å². The first-order chi connectivity index (χ1) is 12.5. The molecule has 6 nitrogen and oxygen atoms in total. The van der Waals surface area contributed by atoms with Crippen molar-refractivity contribution in [1.82, 2.24) is 0 Å². The average molecular weight is 371 g/mol. The van der Waals surface area contributed by atoms with Crippen molar-refractivity contribution in [2.24, 2.45) is 0 Å². The lowest BCUT2D eigenvalue weighted by molar-refractivity contribution is -0.112. The molecule has 1 amide bonds. The third-order valence-electron chi connectivity index (χ3n) is 3.34. The van der Waals surface area contributed by atoms with Gasteiger partial charge in [0.25, 0.3) is 5.91 Å². The van der Waals surface area contributed by atoms with Gasteiger partial charge < -0.3 is 15.2 Å². The lowest BCUT2D eigenvalue weighted by Gasteiger charge is -2.09. The Hall–Kier alpha value is -3.30. The second kappa shape index (κ2) is 8.70. The summed E-state index contributed by atoms with van der Waals surface area (Å²) in [6.07, 6.45) is 1.28. The van der Waals surface area contributed by atoms with Gasteiger partial charge in [0, 0.05) is 5.56 Å². The van der Waals surface area contributed by atoms with Crippen LogP contribution in [0, 0.1) is 11.3 Å². The minimum Gasteiger partial charge on any atom is -0.493 e. The molecular weight excluding hydrogens is 356 g/mol. The van der Waals surface area contributed by atoms with Crippen molar-refractivity contribution in [1.29, 1.82) is 5.26 Å². The van der Waals surface area contributed by atoms with Gasteiger partial charge in [-0.3, -0.25) is 4.79 Å². The van der Waals surface area contributed by atoms with Crippen LogP contribution in [-0.2, 0) is 4.79 Å². The predicted molar refractivity (Wildman–Crippen MR) is 98.2 cm³/mol. The fourth-order valence-electron chi connectivity index (χ4n) is 2.14. The van der Waals surface area contributed by atoms with E-state index in [0.717, 1.165) is 0 Å². The van der Waals surface area contributed by atoms with Crippen LogP contribution in [0.4, 0.5) is 5.69 Å². The van der Waals surface area contributed by atoms with Gasteiger partial charge >= 0.3 is 5.97 Å². The van der Waals surface area contributed by atoms with Gasteiger partial charge in [-0.1, -0.05) is 23.7 Å². The Morgan fingerprint density at radius 2 is 2.04 bits per heavy atom. The van der Waals surface area contributed by atoms with Crippen molar-refractivity contribution in [3.63, 3.8) is 0 Å². The first-order valence-corrected chi connectivity index (χ1v) is 8.02.